The van der Waals surface area contributed by atoms with Crippen LogP contribution in [0.2, 0.25) is 0 Å². The highest BCUT2D eigenvalue weighted by Gasteiger charge is 2.28. The van der Waals surface area contributed by atoms with Crippen molar-refractivity contribution in [1.82, 2.24) is 15.1 Å². The summed E-state index contributed by atoms with van der Waals surface area (Å²) in [6.07, 6.45) is -3.72. The lowest BCUT2D eigenvalue weighted by atomic mass is 10.3. The van der Waals surface area contributed by atoms with Gasteiger partial charge < -0.3 is 10.2 Å². The number of hydrogen-bond acceptors (Lipinski definition) is 4. The number of amides is 2. The summed E-state index contributed by atoms with van der Waals surface area (Å²) in [7, 11) is 0. The third kappa shape index (κ3) is 5.83. The predicted octanol–water partition coefficient (Wildman–Crippen LogP) is 1.57. The first-order chi connectivity index (χ1) is 10.8. The number of halogens is 3. The molecule has 9 heteroatoms. The van der Waals surface area contributed by atoms with E-state index in [1.165, 1.54) is 11.3 Å². The molecule has 1 aliphatic heterocycles. The van der Waals surface area contributed by atoms with Crippen molar-refractivity contribution in [3.8, 4) is 0 Å². The Morgan fingerprint density at radius 3 is 2.65 bits per heavy atom. The molecule has 1 aromatic rings. The molecule has 0 aliphatic carbocycles. The van der Waals surface area contributed by atoms with Crippen molar-refractivity contribution in [3.05, 3.63) is 22.4 Å². The zero-order valence-electron chi connectivity index (χ0n) is 12.4. The zero-order chi connectivity index (χ0) is 16.9. The van der Waals surface area contributed by atoms with E-state index in [9.17, 15) is 22.8 Å². The number of alkyl halides is 3. The number of hydrogen-bond donors (Lipinski definition) is 1. The van der Waals surface area contributed by atoms with Gasteiger partial charge >= 0.3 is 6.18 Å². The normalized spacial score (nSPS) is 16.9. The van der Waals surface area contributed by atoms with Crippen LogP contribution in [0.4, 0.5) is 13.2 Å². The van der Waals surface area contributed by atoms with E-state index in [1.54, 1.807) is 15.9 Å². The van der Waals surface area contributed by atoms with Crippen LogP contribution in [0.5, 0.6) is 0 Å². The van der Waals surface area contributed by atoms with Gasteiger partial charge in [0.1, 0.15) is 6.54 Å². The minimum Gasteiger partial charge on any atom is -0.346 e. The van der Waals surface area contributed by atoms with Gasteiger partial charge in [0.05, 0.1) is 11.4 Å². The maximum atomic E-state index is 12.3. The molecule has 0 spiro atoms. The Bertz CT molecular complexity index is 534. The molecule has 0 aromatic carbocycles. The maximum absolute atomic E-state index is 12.3. The summed E-state index contributed by atoms with van der Waals surface area (Å²) in [4.78, 5) is 28.0. The van der Waals surface area contributed by atoms with Crippen LogP contribution in [0, 0.1) is 0 Å². The molecule has 0 unspecified atom stereocenters. The Morgan fingerprint density at radius 1 is 1.22 bits per heavy atom. The zero-order valence-corrected chi connectivity index (χ0v) is 13.3. The van der Waals surface area contributed by atoms with E-state index in [-0.39, 0.29) is 12.5 Å². The average Bonchev–Trinajstić information content (AvgIpc) is 2.91. The highest BCUT2D eigenvalue weighted by molar-refractivity contribution is 7.12. The monoisotopic (exact) mass is 349 g/mol. The van der Waals surface area contributed by atoms with E-state index in [0.717, 1.165) is 0 Å². The number of carbonyl (C=O) groups excluding carboxylic acids is 2. The molecule has 0 radical (unpaired) electrons. The molecular weight excluding hydrogens is 331 g/mol. The second-order valence-electron chi connectivity index (χ2n) is 5.29. The first-order valence-corrected chi connectivity index (χ1v) is 8.12. The number of nitrogens with one attached hydrogen (secondary N) is 1. The van der Waals surface area contributed by atoms with Crippen molar-refractivity contribution in [1.29, 1.82) is 0 Å². The fourth-order valence-corrected chi connectivity index (χ4v) is 3.04. The van der Waals surface area contributed by atoms with Gasteiger partial charge in [-0.25, -0.2) is 0 Å². The number of rotatable bonds is 4. The van der Waals surface area contributed by atoms with Crippen molar-refractivity contribution < 1.29 is 22.8 Å². The topological polar surface area (TPSA) is 52.7 Å². The lowest BCUT2D eigenvalue weighted by Crippen LogP contribution is -2.42. The molecular formula is C14H18F3N3O2S. The Balaban J connectivity index is 1.79. The quantitative estimate of drug-likeness (QED) is 0.898. The third-order valence-electron chi connectivity index (χ3n) is 3.46. The van der Waals surface area contributed by atoms with Gasteiger partial charge in [-0.2, -0.15) is 13.2 Å². The summed E-state index contributed by atoms with van der Waals surface area (Å²) in [5.74, 6) is -0.691. The van der Waals surface area contributed by atoms with Gasteiger partial charge in [-0.1, -0.05) is 6.07 Å². The standard InChI is InChI=1S/C14H18F3N3O2S/c15-14(16,17)10-18-12(21)9-19-4-2-5-20(7-6-19)13(22)11-3-1-8-23-11/h1,3,8H,2,4-7,9-10H2,(H,18,21). The highest BCUT2D eigenvalue weighted by Crippen LogP contribution is 2.14. The van der Waals surface area contributed by atoms with E-state index >= 15 is 0 Å². The summed E-state index contributed by atoms with van der Waals surface area (Å²) < 4.78 is 36.2. The van der Waals surface area contributed by atoms with Crippen molar-refractivity contribution in [2.75, 3.05) is 39.3 Å². The fraction of sp³-hybridized carbons (Fsp3) is 0.571. The van der Waals surface area contributed by atoms with Crippen LogP contribution < -0.4 is 5.32 Å². The van der Waals surface area contributed by atoms with E-state index < -0.39 is 18.6 Å². The molecule has 0 saturated carbocycles. The van der Waals surface area contributed by atoms with Crippen LogP contribution in [-0.2, 0) is 4.79 Å². The van der Waals surface area contributed by atoms with Gasteiger partial charge in [0.2, 0.25) is 5.91 Å². The summed E-state index contributed by atoms with van der Waals surface area (Å²) in [5, 5.41) is 3.70. The molecule has 1 fully saturated rings. The van der Waals surface area contributed by atoms with Gasteiger partial charge in [-0.15, -0.1) is 11.3 Å². The SMILES string of the molecule is O=C(CN1CCCN(C(=O)c2cccs2)CC1)NCC(F)(F)F. The van der Waals surface area contributed by atoms with Gasteiger partial charge in [0, 0.05) is 26.2 Å². The molecule has 128 valence electrons. The summed E-state index contributed by atoms with van der Waals surface area (Å²) in [6, 6.07) is 3.58. The van der Waals surface area contributed by atoms with Gasteiger partial charge in [-0.3, -0.25) is 14.5 Å². The van der Waals surface area contributed by atoms with E-state index in [2.05, 4.69) is 0 Å². The Kier molecular flexibility index (Phi) is 6.00. The highest BCUT2D eigenvalue weighted by atomic mass is 32.1. The van der Waals surface area contributed by atoms with Gasteiger partial charge in [0.25, 0.3) is 5.91 Å². The number of carbonyl (C=O) groups is 2. The second-order valence-corrected chi connectivity index (χ2v) is 6.24. The molecule has 1 aromatic heterocycles. The summed E-state index contributed by atoms with van der Waals surface area (Å²) in [5.41, 5.74) is 0. The van der Waals surface area contributed by atoms with Crippen LogP contribution in [0.1, 0.15) is 16.1 Å². The smallest absolute Gasteiger partial charge is 0.346 e. The lowest BCUT2D eigenvalue weighted by molar-refractivity contribution is -0.139. The Hall–Kier alpha value is -1.61. The fourth-order valence-electron chi connectivity index (χ4n) is 2.35. The summed E-state index contributed by atoms with van der Waals surface area (Å²) >= 11 is 1.38. The molecule has 0 atom stereocenters. The first-order valence-electron chi connectivity index (χ1n) is 7.24. The molecule has 23 heavy (non-hydrogen) atoms. The molecule has 5 nitrogen and oxygen atoms in total. The van der Waals surface area contributed by atoms with Crippen molar-refractivity contribution in [2.45, 2.75) is 12.6 Å². The van der Waals surface area contributed by atoms with Crippen molar-refractivity contribution in [2.24, 2.45) is 0 Å². The van der Waals surface area contributed by atoms with Crippen molar-refractivity contribution >= 4 is 23.2 Å². The number of thiophene rings is 1. The first kappa shape index (κ1) is 17.7. The summed E-state index contributed by atoms with van der Waals surface area (Å²) in [6.45, 7) is 0.685. The van der Waals surface area contributed by atoms with Crippen LogP contribution in [0.3, 0.4) is 0 Å². The van der Waals surface area contributed by atoms with Gasteiger partial charge in [-0.05, 0) is 17.9 Å². The Labute approximate surface area is 136 Å². The van der Waals surface area contributed by atoms with E-state index in [1.807, 2.05) is 16.8 Å². The molecule has 1 N–H and O–H groups in total. The van der Waals surface area contributed by atoms with Crippen molar-refractivity contribution in [3.63, 3.8) is 0 Å². The van der Waals surface area contributed by atoms with Crippen LogP contribution in [-0.4, -0.2) is 67.1 Å². The molecule has 2 amide bonds. The molecule has 2 rings (SSSR count). The van der Waals surface area contributed by atoms with E-state index in [4.69, 9.17) is 0 Å². The minimum atomic E-state index is -4.40. The van der Waals surface area contributed by atoms with Gasteiger partial charge in [0.15, 0.2) is 0 Å². The third-order valence-corrected chi connectivity index (χ3v) is 4.32. The largest absolute Gasteiger partial charge is 0.405 e. The maximum Gasteiger partial charge on any atom is 0.405 e. The second kappa shape index (κ2) is 7.78. The molecule has 2 heterocycles. The Morgan fingerprint density at radius 2 is 2.00 bits per heavy atom. The molecule has 0 bridgehead atoms. The van der Waals surface area contributed by atoms with Crippen LogP contribution in [0.15, 0.2) is 17.5 Å². The van der Waals surface area contributed by atoms with Crippen LogP contribution >= 0.6 is 11.3 Å². The number of nitrogens with zero attached hydrogens (tertiary/aromatic N) is 2. The van der Waals surface area contributed by atoms with E-state index in [0.29, 0.717) is 37.5 Å². The average molecular weight is 349 g/mol. The predicted molar refractivity (Wildman–Crippen MR) is 80.3 cm³/mol. The minimum absolute atomic E-state index is 0.0385. The lowest BCUT2D eigenvalue weighted by Gasteiger charge is -2.21. The van der Waals surface area contributed by atoms with Crippen LogP contribution in [0.25, 0.3) is 0 Å². The molecule has 1 aliphatic rings. The molecule has 1 saturated heterocycles.